The molecule has 0 atom stereocenters. The van der Waals surface area contributed by atoms with E-state index in [-0.39, 0.29) is 16.4 Å². The van der Waals surface area contributed by atoms with Crippen LogP contribution in [0.4, 0.5) is 5.82 Å². The van der Waals surface area contributed by atoms with Crippen LogP contribution >= 0.6 is 11.6 Å². The topological polar surface area (TPSA) is 87.7 Å². The van der Waals surface area contributed by atoms with E-state index in [1.54, 1.807) is 42.5 Å². The molecule has 0 aliphatic rings. The minimum absolute atomic E-state index is 0.118. The zero-order valence-corrected chi connectivity index (χ0v) is 11.4. The van der Waals surface area contributed by atoms with Crippen LogP contribution in [0.15, 0.2) is 47.3 Å². The Balaban J connectivity index is 2.03. The standard InChI is InChI=1S/C14H9ClN4O2/c15-10-6-3-7-11(16-10)17-14(21)12-8-4-1-2-5-9(8)13(20)19-18-12/h1-7H,(H,19,20)(H,16,17,21). The van der Waals surface area contributed by atoms with Crippen molar-refractivity contribution in [3.05, 3.63) is 63.7 Å². The Kier molecular flexibility index (Phi) is 3.37. The summed E-state index contributed by atoms with van der Waals surface area (Å²) in [4.78, 5) is 27.9. The van der Waals surface area contributed by atoms with Crippen molar-refractivity contribution in [2.75, 3.05) is 5.32 Å². The van der Waals surface area contributed by atoms with Gasteiger partial charge in [-0.3, -0.25) is 9.59 Å². The fourth-order valence-corrected chi connectivity index (χ4v) is 2.11. The molecule has 2 N–H and O–H groups in total. The number of aromatic amines is 1. The largest absolute Gasteiger partial charge is 0.305 e. The Morgan fingerprint density at radius 2 is 1.86 bits per heavy atom. The Morgan fingerprint density at radius 1 is 1.10 bits per heavy atom. The highest BCUT2D eigenvalue weighted by molar-refractivity contribution is 6.29. The predicted octanol–water partition coefficient (Wildman–Crippen LogP) is 2.22. The van der Waals surface area contributed by atoms with Crippen molar-refractivity contribution in [1.29, 1.82) is 0 Å². The number of benzene rings is 1. The van der Waals surface area contributed by atoms with Crippen molar-refractivity contribution >= 4 is 34.1 Å². The number of aromatic nitrogens is 3. The van der Waals surface area contributed by atoms with Crippen molar-refractivity contribution in [2.24, 2.45) is 0 Å². The number of anilines is 1. The van der Waals surface area contributed by atoms with Crippen molar-refractivity contribution in [1.82, 2.24) is 15.2 Å². The maximum absolute atomic E-state index is 12.3. The summed E-state index contributed by atoms with van der Waals surface area (Å²) in [5.41, 5.74) is -0.227. The molecule has 0 saturated carbocycles. The van der Waals surface area contributed by atoms with Gasteiger partial charge in [-0.05, 0) is 18.2 Å². The van der Waals surface area contributed by atoms with Gasteiger partial charge in [0.15, 0.2) is 5.69 Å². The predicted molar refractivity (Wildman–Crippen MR) is 79.6 cm³/mol. The number of carbonyl (C=O) groups is 1. The number of rotatable bonds is 2. The minimum atomic E-state index is -0.475. The lowest BCUT2D eigenvalue weighted by Gasteiger charge is -2.06. The lowest BCUT2D eigenvalue weighted by atomic mass is 10.1. The number of nitrogens with zero attached hydrogens (tertiary/aromatic N) is 2. The lowest BCUT2D eigenvalue weighted by molar-refractivity contribution is 0.102. The minimum Gasteiger partial charge on any atom is -0.305 e. The summed E-state index contributed by atoms with van der Waals surface area (Å²) < 4.78 is 0. The van der Waals surface area contributed by atoms with E-state index < -0.39 is 5.91 Å². The van der Waals surface area contributed by atoms with E-state index in [1.807, 2.05) is 0 Å². The van der Waals surface area contributed by atoms with Crippen LogP contribution in [-0.4, -0.2) is 21.1 Å². The van der Waals surface area contributed by atoms with Crippen LogP contribution in [0, 0.1) is 0 Å². The molecule has 6 nitrogen and oxygen atoms in total. The molecule has 0 aliphatic heterocycles. The second kappa shape index (κ2) is 5.34. The van der Waals surface area contributed by atoms with Crippen molar-refractivity contribution < 1.29 is 4.79 Å². The molecule has 1 amide bonds. The van der Waals surface area contributed by atoms with Crippen LogP contribution in [0.3, 0.4) is 0 Å². The van der Waals surface area contributed by atoms with Crippen LogP contribution in [-0.2, 0) is 0 Å². The fourth-order valence-electron chi connectivity index (χ4n) is 1.94. The molecule has 2 aromatic heterocycles. The molecule has 0 unspecified atom stereocenters. The first kappa shape index (κ1) is 13.3. The highest BCUT2D eigenvalue weighted by Crippen LogP contribution is 2.15. The molecule has 7 heteroatoms. The molecular weight excluding hydrogens is 292 g/mol. The summed E-state index contributed by atoms with van der Waals surface area (Å²) in [6.45, 7) is 0. The smallest absolute Gasteiger partial charge is 0.277 e. The SMILES string of the molecule is O=C(Nc1cccc(Cl)n1)c1n[nH]c(=O)c2ccccc12. The monoisotopic (exact) mass is 300 g/mol. The number of halogens is 1. The van der Waals surface area contributed by atoms with E-state index in [0.717, 1.165) is 0 Å². The molecule has 1 aromatic carbocycles. The first-order valence-electron chi connectivity index (χ1n) is 6.06. The van der Waals surface area contributed by atoms with E-state index in [9.17, 15) is 9.59 Å². The molecule has 0 spiro atoms. The summed E-state index contributed by atoms with van der Waals surface area (Å²) in [6, 6.07) is 11.6. The average molecular weight is 301 g/mol. The highest BCUT2D eigenvalue weighted by Gasteiger charge is 2.14. The molecule has 0 aliphatic carbocycles. The second-order valence-corrected chi connectivity index (χ2v) is 4.63. The number of H-pyrrole nitrogens is 1. The third kappa shape index (κ3) is 2.61. The van der Waals surface area contributed by atoms with Gasteiger partial charge in [0.05, 0.1) is 5.39 Å². The Labute approximate surface area is 123 Å². The van der Waals surface area contributed by atoms with Crippen molar-refractivity contribution in [2.45, 2.75) is 0 Å². The number of hydrogen-bond acceptors (Lipinski definition) is 4. The summed E-state index contributed by atoms with van der Waals surface area (Å²) in [6.07, 6.45) is 0. The molecule has 3 aromatic rings. The first-order chi connectivity index (χ1) is 10.1. The van der Waals surface area contributed by atoms with Crippen molar-refractivity contribution in [3.63, 3.8) is 0 Å². The highest BCUT2D eigenvalue weighted by atomic mass is 35.5. The molecular formula is C14H9ClN4O2. The Hall–Kier alpha value is -2.73. The van der Waals surface area contributed by atoms with E-state index in [1.165, 1.54) is 0 Å². The number of hydrogen-bond donors (Lipinski definition) is 2. The van der Waals surface area contributed by atoms with Crippen LogP contribution in [0.5, 0.6) is 0 Å². The maximum atomic E-state index is 12.3. The van der Waals surface area contributed by atoms with E-state index >= 15 is 0 Å². The van der Waals surface area contributed by atoms with Gasteiger partial charge in [0.1, 0.15) is 11.0 Å². The van der Waals surface area contributed by atoms with E-state index in [2.05, 4.69) is 20.5 Å². The Morgan fingerprint density at radius 3 is 2.62 bits per heavy atom. The van der Waals surface area contributed by atoms with Gasteiger partial charge in [-0.15, -0.1) is 0 Å². The molecule has 3 rings (SSSR count). The molecule has 21 heavy (non-hydrogen) atoms. The summed E-state index contributed by atoms with van der Waals surface area (Å²) in [5.74, 6) is -0.165. The molecule has 2 heterocycles. The number of nitrogens with one attached hydrogen (secondary N) is 2. The summed E-state index contributed by atoms with van der Waals surface area (Å²) >= 11 is 5.76. The molecule has 104 valence electrons. The van der Waals surface area contributed by atoms with Gasteiger partial charge in [-0.1, -0.05) is 35.9 Å². The normalized spacial score (nSPS) is 10.5. The number of fused-ring (bicyclic) bond motifs is 1. The van der Waals surface area contributed by atoms with Gasteiger partial charge in [-0.25, -0.2) is 10.1 Å². The lowest BCUT2D eigenvalue weighted by Crippen LogP contribution is -2.19. The molecule has 0 fully saturated rings. The molecule has 0 saturated heterocycles. The average Bonchev–Trinajstić information content (AvgIpc) is 2.48. The van der Waals surface area contributed by atoms with Gasteiger partial charge in [0, 0.05) is 5.39 Å². The van der Waals surface area contributed by atoms with Gasteiger partial charge < -0.3 is 5.32 Å². The van der Waals surface area contributed by atoms with Crippen LogP contribution in [0.1, 0.15) is 10.5 Å². The molecule has 0 radical (unpaired) electrons. The maximum Gasteiger partial charge on any atom is 0.277 e. The van der Waals surface area contributed by atoms with Crippen LogP contribution in [0.2, 0.25) is 5.15 Å². The van der Waals surface area contributed by atoms with E-state index in [4.69, 9.17) is 11.6 Å². The molecule has 0 bridgehead atoms. The first-order valence-corrected chi connectivity index (χ1v) is 6.44. The number of amides is 1. The summed E-state index contributed by atoms with van der Waals surface area (Å²) in [7, 11) is 0. The van der Waals surface area contributed by atoms with Gasteiger partial charge in [-0.2, -0.15) is 5.10 Å². The van der Waals surface area contributed by atoms with Crippen LogP contribution in [0.25, 0.3) is 10.8 Å². The number of pyridine rings is 1. The zero-order chi connectivity index (χ0) is 14.8. The fraction of sp³-hybridized carbons (Fsp3) is 0. The van der Waals surface area contributed by atoms with Crippen molar-refractivity contribution in [3.8, 4) is 0 Å². The quantitative estimate of drug-likeness (QED) is 0.710. The van der Waals surface area contributed by atoms with Gasteiger partial charge in [0.25, 0.3) is 11.5 Å². The van der Waals surface area contributed by atoms with Gasteiger partial charge in [0.2, 0.25) is 0 Å². The third-order valence-corrected chi connectivity index (χ3v) is 3.08. The van der Waals surface area contributed by atoms with E-state index in [0.29, 0.717) is 16.6 Å². The number of carbonyl (C=O) groups excluding carboxylic acids is 1. The van der Waals surface area contributed by atoms with Crippen LogP contribution < -0.4 is 10.9 Å². The third-order valence-electron chi connectivity index (χ3n) is 2.87. The second-order valence-electron chi connectivity index (χ2n) is 4.25. The van der Waals surface area contributed by atoms with Gasteiger partial charge >= 0.3 is 0 Å². The summed E-state index contributed by atoms with van der Waals surface area (Å²) in [5, 5.41) is 9.86. The Bertz CT molecular complexity index is 891. The zero-order valence-electron chi connectivity index (χ0n) is 10.6.